The number of piperidine rings is 1. The van der Waals surface area contributed by atoms with Gasteiger partial charge in [-0.15, -0.1) is 0 Å². The zero-order valence-electron chi connectivity index (χ0n) is 10.6. The van der Waals surface area contributed by atoms with Crippen molar-refractivity contribution in [2.45, 2.75) is 18.9 Å². The highest BCUT2D eigenvalue weighted by Gasteiger charge is 2.12. The second-order valence-electron chi connectivity index (χ2n) is 4.58. The van der Waals surface area contributed by atoms with Crippen molar-refractivity contribution in [1.82, 2.24) is 5.32 Å². The quantitative estimate of drug-likeness (QED) is 0.842. The number of likely N-dealkylation sites (N-methyl/N-ethyl adjacent to an activating group) is 1. The fourth-order valence-electron chi connectivity index (χ4n) is 2.13. The van der Waals surface area contributed by atoms with Crippen LogP contribution in [0.1, 0.15) is 12.8 Å². The molecular formula is C14H22N2O. The Balaban J connectivity index is 1.67. The fraction of sp³-hybridized carbons (Fsp3) is 0.571. The molecule has 0 aromatic heterocycles. The maximum absolute atomic E-state index is 5.89. The molecule has 1 heterocycles. The van der Waals surface area contributed by atoms with Crippen LogP contribution in [0.25, 0.3) is 0 Å². The molecule has 1 saturated heterocycles. The maximum atomic E-state index is 5.89. The number of para-hydroxylation sites is 1. The summed E-state index contributed by atoms with van der Waals surface area (Å²) in [6.07, 6.45) is 2.75. The van der Waals surface area contributed by atoms with Crippen LogP contribution in [-0.4, -0.2) is 39.4 Å². The molecule has 1 aliphatic rings. The molecule has 0 spiro atoms. The molecule has 17 heavy (non-hydrogen) atoms. The van der Waals surface area contributed by atoms with Crippen molar-refractivity contribution in [1.29, 1.82) is 0 Å². The van der Waals surface area contributed by atoms with Crippen LogP contribution in [0.2, 0.25) is 0 Å². The molecule has 0 unspecified atom stereocenters. The van der Waals surface area contributed by atoms with Crippen LogP contribution in [-0.2, 0) is 4.74 Å². The normalized spacial score (nSPS) is 17.0. The first-order chi connectivity index (χ1) is 8.36. The largest absolute Gasteiger partial charge is 0.376 e. The lowest BCUT2D eigenvalue weighted by Crippen LogP contribution is -2.34. The Morgan fingerprint density at radius 1 is 1.24 bits per heavy atom. The Bertz CT molecular complexity index is 309. The van der Waals surface area contributed by atoms with Crippen molar-refractivity contribution in [2.24, 2.45) is 0 Å². The Hall–Kier alpha value is -1.06. The minimum absolute atomic E-state index is 0.459. The molecule has 0 amide bonds. The van der Waals surface area contributed by atoms with Gasteiger partial charge in [-0.05, 0) is 38.1 Å². The maximum Gasteiger partial charge on any atom is 0.0645 e. The zero-order valence-corrected chi connectivity index (χ0v) is 10.6. The molecule has 0 atom stereocenters. The number of nitrogens with zero attached hydrogens (tertiary/aromatic N) is 1. The minimum atomic E-state index is 0.459. The fourth-order valence-corrected chi connectivity index (χ4v) is 2.13. The van der Waals surface area contributed by atoms with Crippen LogP contribution in [0.15, 0.2) is 30.3 Å². The molecule has 1 fully saturated rings. The molecule has 0 radical (unpaired) electrons. The van der Waals surface area contributed by atoms with E-state index in [1.807, 2.05) is 6.07 Å². The van der Waals surface area contributed by atoms with Crippen molar-refractivity contribution in [3.63, 3.8) is 0 Å². The van der Waals surface area contributed by atoms with E-state index in [0.717, 1.165) is 39.1 Å². The minimum Gasteiger partial charge on any atom is -0.376 e. The Labute approximate surface area is 104 Å². The summed E-state index contributed by atoms with van der Waals surface area (Å²) in [6, 6.07) is 10.4. The molecule has 0 aliphatic carbocycles. The molecule has 1 aromatic carbocycles. The highest BCUT2D eigenvalue weighted by atomic mass is 16.5. The molecule has 1 aliphatic heterocycles. The Morgan fingerprint density at radius 2 is 1.94 bits per heavy atom. The van der Waals surface area contributed by atoms with Crippen LogP contribution >= 0.6 is 0 Å². The number of ether oxygens (including phenoxy) is 1. The molecule has 94 valence electrons. The van der Waals surface area contributed by atoms with Gasteiger partial charge < -0.3 is 15.0 Å². The van der Waals surface area contributed by atoms with Crippen LogP contribution < -0.4 is 10.2 Å². The SMILES string of the molecule is CN(CCOC1CCNCC1)c1ccccc1. The van der Waals surface area contributed by atoms with Gasteiger partial charge in [-0.25, -0.2) is 0 Å². The summed E-state index contributed by atoms with van der Waals surface area (Å²) >= 11 is 0. The third-order valence-corrected chi connectivity index (χ3v) is 3.26. The van der Waals surface area contributed by atoms with Crippen molar-refractivity contribution >= 4 is 5.69 Å². The van der Waals surface area contributed by atoms with Crippen molar-refractivity contribution in [3.8, 4) is 0 Å². The molecule has 1 N–H and O–H groups in total. The summed E-state index contributed by atoms with van der Waals surface area (Å²) in [4.78, 5) is 2.24. The van der Waals surface area contributed by atoms with Crippen molar-refractivity contribution < 1.29 is 4.74 Å². The van der Waals surface area contributed by atoms with E-state index in [4.69, 9.17) is 4.74 Å². The lowest BCUT2D eigenvalue weighted by atomic mass is 10.1. The summed E-state index contributed by atoms with van der Waals surface area (Å²) in [5.41, 5.74) is 1.25. The molecule has 1 aromatic rings. The Kier molecular flexibility index (Phi) is 4.83. The van der Waals surface area contributed by atoms with Gasteiger partial charge in [0.15, 0.2) is 0 Å². The highest BCUT2D eigenvalue weighted by molar-refractivity contribution is 5.44. The zero-order chi connectivity index (χ0) is 11.9. The summed E-state index contributed by atoms with van der Waals surface area (Å²) in [6.45, 7) is 3.96. The van der Waals surface area contributed by atoms with Gasteiger partial charge in [0, 0.05) is 19.3 Å². The lowest BCUT2D eigenvalue weighted by Gasteiger charge is -2.25. The number of hydrogen-bond acceptors (Lipinski definition) is 3. The molecule has 0 saturated carbocycles. The van der Waals surface area contributed by atoms with E-state index in [1.54, 1.807) is 0 Å². The van der Waals surface area contributed by atoms with Crippen LogP contribution in [0, 0.1) is 0 Å². The molecule has 3 heteroatoms. The van der Waals surface area contributed by atoms with E-state index >= 15 is 0 Å². The van der Waals surface area contributed by atoms with Gasteiger partial charge in [-0.1, -0.05) is 18.2 Å². The predicted molar refractivity (Wildman–Crippen MR) is 71.6 cm³/mol. The number of rotatable bonds is 5. The first-order valence-corrected chi connectivity index (χ1v) is 6.45. The second-order valence-corrected chi connectivity index (χ2v) is 4.58. The third-order valence-electron chi connectivity index (χ3n) is 3.26. The monoisotopic (exact) mass is 234 g/mol. The van der Waals surface area contributed by atoms with Gasteiger partial charge in [0.2, 0.25) is 0 Å². The smallest absolute Gasteiger partial charge is 0.0645 e. The van der Waals surface area contributed by atoms with Gasteiger partial charge in [-0.2, -0.15) is 0 Å². The number of anilines is 1. The van der Waals surface area contributed by atoms with Gasteiger partial charge in [-0.3, -0.25) is 0 Å². The number of hydrogen-bond donors (Lipinski definition) is 1. The molecule has 0 bridgehead atoms. The summed E-state index contributed by atoms with van der Waals surface area (Å²) in [7, 11) is 2.11. The van der Waals surface area contributed by atoms with Gasteiger partial charge in [0.25, 0.3) is 0 Å². The third kappa shape index (κ3) is 4.02. The Morgan fingerprint density at radius 3 is 2.65 bits per heavy atom. The van der Waals surface area contributed by atoms with E-state index < -0.39 is 0 Å². The van der Waals surface area contributed by atoms with E-state index in [2.05, 4.69) is 41.5 Å². The van der Waals surface area contributed by atoms with E-state index in [1.165, 1.54) is 5.69 Å². The van der Waals surface area contributed by atoms with Crippen LogP contribution in [0.4, 0.5) is 5.69 Å². The summed E-state index contributed by atoms with van der Waals surface area (Å²) < 4.78 is 5.89. The average Bonchev–Trinajstić information content (AvgIpc) is 2.41. The first-order valence-electron chi connectivity index (χ1n) is 6.45. The van der Waals surface area contributed by atoms with E-state index in [9.17, 15) is 0 Å². The average molecular weight is 234 g/mol. The summed E-state index contributed by atoms with van der Waals surface area (Å²) in [5, 5.41) is 3.35. The molecule has 3 nitrogen and oxygen atoms in total. The molecular weight excluding hydrogens is 212 g/mol. The summed E-state index contributed by atoms with van der Waals surface area (Å²) in [5.74, 6) is 0. The predicted octanol–water partition coefficient (Wildman–Crippen LogP) is 1.89. The van der Waals surface area contributed by atoms with Crippen LogP contribution in [0.5, 0.6) is 0 Å². The van der Waals surface area contributed by atoms with Gasteiger partial charge in [0.05, 0.1) is 12.7 Å². The topological polar surface area (TPSA) is 24.5 Å². The van der Waals surface area contributed by atoms with Gasteiger partial charge >= 0.3 is 0 Å². The first kappa shape index (κ1) is 12.4. The molecule has 2 rings (SSSR count). The van der Waals surface area contributed by atoms with E-state index in [-0.39, 0.29) is 0 Å². The van der Waals surface area contributed by atoms with Gasteiger partial charge in [0.1, 0.15) is 0 Å². The number of nitrogens with one attached hydrogen (secondary N) is 1. The van der Waals surface area contributed by atoms with Crippen molar-refractivity contribution in [3.05, 3.63) is 30.3 Å². The second kappa shape index (κ2) is 6.62. The number of benzene rings is 1. The van der Waals surface area contributed by atoms with Crippen LogP contribution in [0.3, 0.4) is 0 Å². The van der Waals surface area contributed by atoms with E-state index in [0.29, 0.717) is 6.10 Å². The van der Waals surface area contributed by atoms with Crippen molar-refractivity contribution in [2.75, 3.05) is 38.2 Å². The lowest BCUT2D eigenvalue weighted by molar-refractivity contribution is 0.0376. The standard InChI is InChI=1S/C14H22N2O/c1-16(13-5-3-2-4-6-13)11-12-17-14-7-9-15-10-8-14/h2-6,14-15H,7-12H2,1H3. The highest BCUT2D eigenvalue weighted by Crippen LogP contribution is 2.11.